The van der Waals surface area contributed by atoms with Crippen molar-refractivity contribution in [1.29, 1.82) is 0 Å². The zero-order valence-corrected chi connectivity index (χ0v) is 19.6. The molecule has 1 saturated heterocycles. The molecule has 0 spiro atoms. The first kappa shape index (κ1) is 23.8. The van der Waals surface area contributed by atoms with Gasteiger partial charge >= 0.3 is 6.09 Å². The lowest BCUT2D eigenvalue weighted by atomic mass is 9.96. The van der Waals surface area contributed by atoms with Crippen LogP contribution in [0, 0.1) is 11.3 Å². The lowest BCUT2D eigenvalue weighted by Crippen LogP contribution is -2.35. The maximum Gasteiger partial charge on any atom is 0.410 e. The van der Waals surface area contributed by atoms with Gasteiger partial charge in [-0.05, 0) is 37.0 Å². The Kier molecular flexibility index (Phi) is 6.39. The number of ether oxygens (including phenoxy) is 1. The summed E-state index contributed by atoms with van der Waals surface area (Å²) in [6.45, 7) is 7.39. The molecule has 1 aliphatic carbocycles. The normalized spacial score (nSPS) is 17.4. The third kappa shape index (κ3) is 5.09. The number of carboxylic acid groups (broad SMARTS) is 1. The van der Waals surface area contributed by atoms with E-state index >= 15 is 0 Å². The minimum absolute atomic E-state index is 0.0158. The van der Waals surface area contributed by atoms with Crippen molar-refractivity contribution in [3.8, 4) is 5.88 Å². The maximum atomic E-state index is 13.3. The fourth-order valence-corrected chi connectivity index (χ4v) is 4.06. The molecule has 2 amide bonds. The highest BCUT2D eigenvalue weighted by Gasteiger charge is 2.31. The molecule has 0 aromatic carbocycles. The van der Waals surface area contributed by atoms with E-state index in [0.29, 0.717) is 18.8 Å². The van der Waals surface area contributed by atoms with Gasteiger partial charge in [-0.25, -0.2) is 4.79 Å². The van der Waals surface area contributed by atoms with Crippen molar-refractivity contribution >= 4 is 29.5 Å². The fourth-order valence-electron chi connectivity index (χ4n) is 4.06. The Labute approximate surface area is 196 Å². The number of carbonyl (C=O) groups is 2. The lowest BCUT2D eigenvalue weighted by molar-refractivity contribution is 0.0787. The van der Waals surface area contributed by atoms with Gasteiger partial charge in [0.25, 0.3) is 11.5 Å². The zero-order chi connectivity index (χ0) is 24.6. The summed E-state index contributed by atoms with van der Waals surface area (Å²) in [5.74, 6) is -0.957. The summed E-state index contributed by atoms with van der Waals surface area (Å²) in [6, 6.07) is -0.0158. The standard InChI is InChI=1S/C23H31N5O6/c1-23(2,3)12-27-19-15(7-4-13-8-10-34-11-9-13)17(25-22(32)33)26-28(19)21(31)16(20(27)30)18(29)24-14-5-6-14/h4,7,13-14,30H,5-6,8-12H2,1-3H3,(H,24,29)(H,25,26)(H,32,33). The quantitative estimate of drug-likeness (QED) is 0.504. The van der Waals surface area contributed by atoms with Gasteiger partial charge in [-0.15, -0.1) is 5.10 Å². The van der Waals surface area contributed by atoms with Crippen LogP contribution in [0.4, 0.5) is 10.6 Å². The van der Waals surface area contributed by atoms with Crippen LogP contribution in [0.2, 0.25) is 0 Å². The van der Waals surface area contributed by atoms with E-state index < -0.39 is 29.0 Å². The van der Waals surface area contributed by atoms with E-state index in [1.165, 1.54) is 4.57 Å². The van der Waals surface area contributed by atoms with Gasteiger partial charge in [0.05, 0.1) is 5.56 Å². The Morgan fingerprint density at radius 1 is 1.21 bits per heavy atom. The predicted octanol–water partition coefficient (Wildman–Crippen LogP) is 2.67. The van der Waals surface area contributed by atoms with Gasteiger partial charge in [0.1, 0.15) is 0 Å². The largest absolute Gasteiger partial charge is 0.494 e. The Morgan fingerprint density at radius 2 is 1.88 bits per heavy atom. The smallest absolute Gasteiger partial charge is 0.410 e. The first-order valence-electron chi connectivity index (χ1n) is 11.5. The number of nitrogens with one attached hydrogen (secondary N) is 2. The predicted molar refractivity (Wildman–Crippen MR) is 125 cm³/mol. The topological polar surface area (TPSA) is 147 Å². The van der Waals surface area contributed by atoms with Crippen LogP contribution in [0.3, 0.4) is 0 Å². The second kappa shape index (κ2) is 9.13. The highest BCUT2D eigenvalue weighted by Crippen LogP contribution is 2.31. The second-order valence-electron chi connectivity index (χ2n) is 10.1. The molecule has 184 valence electrons. The van der Waals surface area contributed by atoms with Crippen LogP contribution in [-0.2, 0) is 11.3 Å². The summed E-state index contributed by atoms with van der Waals surface area (Å²) in [6.07, 6.45) is 5.62. The average Bonchev–Trinajstić information content (AvgIpc) is 3.49. The van der Waals surface area contributed by atoms with Crippen LogP contribution in [-0.4, -0.2) is 55.7 Å². The van der Waals surface area contributed by atoms with Gasteiger partial charge in [0, 0.05) is 25.8 Å². The number of fused-ring (bicyclic) bond motifs is 1. The number of hydrogen-bond donors (Lipinski definition) is 4. The number of aromatic nitrogens is 3. The molecule has 0 atom stereocenters. The molecule has 2 aromatic rings. The summed E-state index contributed by atoms with van der Waals surface area (Å²) >= 11 is 0. The Hall–Kier alpha value is -3.34. The van der Waals surface area contributed by atoms with Crippen LogP contribution in [0.25, 0.3) is 11.7 Å². The SMILES string of the molecule is CC(C)(C)Cn1c(O)c(C(=O)NC2CC2)c(=O)n2nc(NC(=O)O)c(C=CC3CCOCC3)c12. The number of hydrogen-bond acceptors (Lipinski definition) is 6. The average molecular weight is 474 g/mol. The molecule has 2 aliphatic rings. The van der Waals surface area contributed by atoms with Crippen LogP contribution in [0.15, 0.2) is 10.9 Å². The van der Waals surface area contributed by atoms with Crippen molar-refractivity contribution in [2.45, 2.75) is 59.0 Å². The molecule has 0 bridgehead atoms. The van der Waals surface area contributed by atoms with Gasteiger partial charge in [-0.3, -0.25) is 19.5 Å². The maximum absolute atomic E-state index is 13.3. The number of aromatic hydroxyl groups is 1. The molecular weight excluding hydrogens is 442 g/mol. The molecule has 2 aromatic heterocycles. The van der Waals surface area contributed by atoms with E-state index in [2.05, 4.69) is 15.7 Å². The van der Waals surface area contributed by atoms with Gasteiger partial charge < -0.3 is 20.3 Å². The van der Waals surface area contributed by atoms with Gasteiger partial charge in [0.15, 0.2) is 17.0 Å². The van der Waals surface area contributed by atoms with Crippen LogP contribution < -0.4 is 16.2 Å². The van der Waals surface area contributed by atoms with Crippen molar-refractivity contribution in [3.05, 3.63) is 27.6 Å². The third-order valence-electron chi connectivity index (χ3n) is 5.84. The molecule has 3 heterocycles. The number of allylic oxidation sites excluding steroid dienone is 1. The minimum Gasteiger partial charge on any atom is -0.494 e. The van der Waals surface area contributed by atoms with E-state index in [9.17, 15) is 24.6 Å². The van der Waals surface area contributed by atoms with Crippen molar-refractivity contribution in [2.24, 2.45) is 11.3 Å². The molecule has 11 nitrogen and oxygen atoms in total. The molecule has 2 fully saturated rings. The summed E-state index contributed by atoms with van der Waals surface area (Å²) in [5, 5.41) is 29.7. The molecule has 1 saturated carbocycles. The molecule has 0 radical (unpaired) electrons. The molecule has 34 heavy (non-hydrogen) atoms. The van der Waals surface area contributed by atoms with Crippen molar-refractivity contribution < 1.29 is 24.5 Å². The zero-order valence-electron chi connectivity index (χ0n) is 19.6. The molecule has 11 heteroatoms. The van der Waals surface area contributed by atoms with Gasteiger partial charge in [0.2, 0.25) is 5.88 Å². The van der Waals surface area contributed by atoms with E-state index in [1.807, 2.05) is 26.8 Å². The summed E-state index contributed by atoms with van der Waals surface area (Å²) in [4.78, 5) is 37.6. The highest BCUT2D eigenvalue weighted by atomic mass is 16.5. The molecule has 0 unspecified atom stereocenters. The third-order valence-corrected chi connectivity index (χ3v) is 5.84. The first-order valence-corrected chi connectivity index (χ1v) is 11.5. The van der Waals surface area contributed by atoms with E-state index in [1.54, 1.807) is 6.08 Å². The summed E-state index contributed by atoms with van der Waals surface area (Å²) in [5.41, 5.74) is -1.00. The number of rotatable bonds is 6. The highest BCUT2D eigenvalue weighted by molar-refractivity contribution is 5.97. The Morgan fingerprint density at radius 3 is 2.47 bits per heavy atom. The number of amides is 2. The molecule has 4 N–H and O–H groups in total. The second-order valence-corrected chi connectivity index (χ2v) is 10.1. The molecule has 4 rings (SSSR count). The summed E-state index contributed by atoms with van der Waals surface area (Å²) in [7, 11) is 0. The minimum atomic E-state index is -1.34. The van der Waals surface area contributed by atoms with Crippen molar-refractivity contribution in [1.82, 2.24) is 19.5 Å². The lowest BCUT2D eigenvalue weighted by Gasteiger charge is -2.23. The number of nitrogens with zero attached hydrogens (tertiary/aromatic N) is 3. The monoisotopic (exact) mass is 473 g/mol. The van der Waals surface area contributed by atoms with Crippen LogP contribution in [0.1, 0.15) is 62.4 Å². The number of anilines is 1. The number of carbonyl (C=O) groups excluding carboxylic acids is 1. The van der Waals surface area contributed by atoms with E-state index in [0.717, 1.165) is 30.2 Å². The van der Waals surface area contributed by atoms with Crippen LogP contribution >= 0.6 is 0 Å². The van der Waals surface area contributed by atoms with Gasteiger partial charge in [-0.1, -0.05) is 32.9 Å². The summed E-state index contributed by atoms with van der Waals surface area (Å²) < 4.78 is 7.87. The van der Waals surface area contributed by atoms with Crippen LogP contribution in [0.5, 0.6) is 5.88 Å². The van der Waals surface area contributed by atoms with Crippen molar-refractivity contribution in [3.63, 3.8) is 0 Å². The fraction of sp³-hybridized carbons (Fsp3) is 0.565. The van der Waals surface area contributed by atoms with Crippen molar-refractivity contribution in [2.75, 3.05) is 18.5 Å². The first-order chi connectivity index (χ1) is 16.0. The van der Waals surface area contributed by atoms with E-state index in [-0.39, 0.29) is 35.4 Å². The Bertz CT molecular complexity index is 1200. The molecule has 1 aliphatic heterocycles. The van der Waals surface area contributed by atoms with E-state index in [4.69, 9.17) is 4.74 Å². The van der Waals surface area contributed by atoms with Gasteiger partial charge in [-0.2, -0.15) is 4.52 Å². The molecular formula is C23H31N5O6. The Balaban J connectivity index is 1.94.